The van der Waals surface area contributed by atoms with E-state index in [4.69, 9.17) is 0 Å². The number of carbonyl (C=O) groups excluding carboxylic acids is 1. The first-order valence-electron chi connectivity index (χ1n) is 7.88. The number of ketones is 1. The molecular weight excluding hydrogens is 376 g/mol. The second-order valence-electron chi connectivity index (χ2n) is 5.69. The van der Waals surface area contributed by atoms with Crippen molar-refractivity contribution in [1.82, 2.24) is 5.32 Å². The molecule has 0 spiro atoms. The highest BCUT2D eigenvalue weighted by Gasteiger charge is 2.18. The van der Waals surface area contributed by atoms with Crippen LogP contribution in [0, 0.1) is 10.1 Å². The van der Waals surface area contributed by atoms with E-state index in [-0.39, 0.29) is 49.0 Å². The number of hydrogen-bond acceptors (Lipinski definition) is 6. The van der Waals surface area contributed by atoms with Crippen molar-refractivity contribution in [3.8, 4) is 5.75 Å². The van der Waals surface area contributed by atoms with E-state index in [1.165, 1.54) is 36.4 Å². The number of halogens is 1. The average molecular weight is 395 g/mol. The number of carboxylic acids is 1. The summed E-state index contributed by atoms with van der Waals surface area (Å²) >= 11 is 0. The van der Waals surface area contributed by atoms with E-state index in [0.29, 0.717) is 5.56 Å². The number of nitrogens with zero attached hydrogens (tertiary/aromatic N) is 1. The summed E-state index contributed by atoms with van der Waals surface area (Å²) in [6.07, 6.45) is 0.276. The largest absolute Gasteiger partial charge is 0.508 e. The molecule has 0 radical (unpaired) electrons. The van der Waals surface area contributed by atoms with Gasteiger partial charge in [-0.15, -0.1) is 12.4 Å². The number of carboxylic acid groups (broad SMARTS) is 1. The molecule has 2 aromatic carbocycles. The maximum Gasteiger partial charge on any atom is 0.321 e. The molecule has 0 aliphatic carbocycles. The van der Waals surface area contributed by atoms with Crippen molar-refractivity contribution in [2.24, 2.45) is 0 Å². The zero-order valence-electron chi connectivity index (χ0n) is 14.2. The summed E-state index contributed by atoms with van der Waals surface area (Å²) in [4.78, 5) is 33.5. The monoisotopic (exact) mass is 394 g/mol. The predicted molar refractivity (Wildman–Crippen MR) is 101 cm³/mol. The molecule has 0 saturated carbocycles. The van der Waals surface area contributed by atoms with Crippen LogP contribution < -0.4 is 5.32 Å². The summed E-state index contributed by atoms with van der Waals surface area (Å²) in [5.74, 6) is -1.18. The molecule has 0 aromatic heterocycles. The zero-order chi connectivity index (χ0) is 19.1. The number of aromatic hydroxyl groups is 1. The lowest BCUT2D eigenvalue weighted by Gasteiger charge is -2.14. The van der Waals surface area contributed by atoms with E-state index in [9.17, 15) is 29.9 Å². The Morgan fingerprint density at radius 3 is 2.19 bits per heavy atom. The molecule has 27 heavy (non-hydrogen) atoms. The molecule has 8 nitrogen and oxygen atoms in total. The molecule has 0 unspecified atom stereocenters. The van der Waals surface area contributed by atoms with E-state index >= 15 is 0 Å². The molecule has 0 fully saturated rings. The van der Waals surface area contributed by atoms with E-state index < -0.39 is 16.9 Å². The van der Waals surface area contributed by atoms with Crippen LogP contribution in [0.2, 0.25) is 0 Å². The summed E-state index contributed by atoms with van der Waals surface area (Å²) < 4.78 is 0. The average Bonchev–Trinajstić information content (AvgIpc) is 2.62. The lowest BCUT2D eigenvalue weighted by atomic mass is 10.0. The van der Waals surface area contributed by atoms with Crippen LogP contribution in [0.3, 0.4) is 0 Å². The van der Waals surface area contributed by atoms with Gasteiger partial charge >= 0.3 is 5.97 Å². The van der Waals surface area contributed by atoms with Crippen LogP contribution >= 0.6 is 12.4 Å². The summed E-state index contributed by atoms with van der Waals surface area (Å²) in [6.45, 7) is 0.158. The molecule has 1 atom stereocenters. The predicted octanol–water partition coefficient (Wildman–Crippen LogP) is 2.58. The van der Waals surface area contributed by atoms with E-state index in [2.05, 4.69) is 5.32 Å². The van der Waals surface area contributed by atoms with Gasteiger partial charge in [-0.3, -0.25) is 19.7 Å². The highest BCUT2D eigenvalue weighted by atomic mass is 35.5. The van der Waals surface area contributed by atoms with Gasteiger partial charge in [0.15, 0.2) is 5.78 Å². The molecular formula is C18H19ClN2O6. The first-order valence-corrected chi connectivity index (χ1v) is 7.88. The zero-order valence-corrected chi connectivity index (χ0v) is 15.0. The molecule has 2 aromatic rings. The highest BCUT2D eigenvalue weighted by Crippen LogP contribution is 2.14. The standard InChI is InChI=1S/C18H18N2O6.ClH/c21-15-7-1-12(2-8-15)11-16(18(23)24)19-10-9-17(22)13-3-5-14(6-4-13)20(25)26;/h1-8,16,19,21H,9-11H2,(H,23,24);1H/t16-;/m0./s1. The first kappa shape index (κ1) is 22.1. The molecule has 144 valence electrons. The summed E-state index contributed by atoms with van der Waals surface area (Å²) in [7, 11) is 0. The van der Waals surface area contributed by atoms with Crippen LogP contribution in [-0.4, -0.2) is 39.5 Å². The number of Topliss-reactive ketones (excluding diaryl/α,β-unsaturated/α-hetero) is 1. The number of non-ortho nitro benzene ring substituents is 1. The number of aliphatic carboxylic acids is 1. The van der Waals surface area contributed by atoms with Crippen molar-refractivity contribution >= 4 is 29.8 Å². The number of nitro groups is 1. The number of rotatable bonds is 9. The van der Waals surface area contributed by atoms with E-state index in [1.54, 1.807) is 12.1 Å². The van der Waals surface area contributed by atoms with Crippen molar-refractivity contribution in [2.45, 2.75) is 18.9 Å². The fourth-order valence-electron chi connectivity index (χ4n) is 2.39. The Bertz CT molecular complexity index is 793. The number of nitrogens with one attached hydrogen (secondary N) is 1. The quantitative estimate of drug-likeness (QED) is 0.338. The first-order chi connectivity index (χ1) is 12.4. The van der Waals surface area contributed by atoms with Crippen molar-refractivity contribution in [2.75, 3.05) is 6.54 Å². The number of benzene rings is 2. The van der Waals surface area contributed by atoms with E-state index in [1.807, 2.05) is 0 Å². The van der Waals surface area contributed by atoms with Gasteiger partial charge in [-0.1, -0.05) is 12.1 Å². The van der Waals surface area contributed by atoms with Crippen LogP contribution in [0.4, 0.5) is 5.69 Å². The fourth-order valence-corrected chi connectivity index (χ4v) is 2.39. The van der Waals surface area contributed by atoms with Gasteiger partial charge in [0.2, 0.25) is 0 Å². The summed E-state index contributed by atoms with van der Waals surface area (Å²) in [5.41, 5.74) is 0.978. The van der Waals surface area contributed by atoms with Gasteiger partial charge in [-0.05, 0) is 36.2 Å². The Labute approximate surface area is 161 Å². The number of nitro benzene ring substituents is 1. The number of phenolic OH excluding ortho intramolecular Hbond substituents is 1. The lowest BCUT2D eigenvalue weighted by molar-refractivity contribution is -0.384. The minimum Gasteiger partial charge on any atom is -0.508 e. The number of hydrogen-bond donors (Lipinski definition) is 3. The minimum atomic E-state index is -1.04. The van der Waals surface area contributed by atoms with Gasteiger partial charge in [0.1, 0.15) is 11.8 Å². The van der Waals surface area contributed by atoms with Crippen molar-refractivity contribution in [3.63, 3.8) is 0 Å². The topological polar surface area (TPSA) is 130 Å². The maximum atomic E-state index is 12.1. The third-order valence-electron chi connectivity index (χ3n) is 3.82. The van der Waals surface area contributed by atoms with Gasteiger partial charge in [0.25, 0.3) is 5.69 Å². The molecule has 2 rings (SSSR count). The molecule has 3 N–H and O–H groups in total. The second kappa shape index (κ2) is 10.2. The molecule has 0 saturated heterocycles. The van der Waals surface area contributed by atoms with Gasteiger partial charge < -0.3 is 15.5 Å². The summed E-state index contributed by atoms with van der Waals surface area (Å²) in [6, 6.07) is 10.6. The maximum absolute atomic E-state index is 12.1. The van der Waals surface area contributed by atoms with Crippen LogP contribution in [0.1, 0.15) is 22.3 Å². The number of carbonyl (C=O) groups is 2. The van der Waals surface area contributed by atoms with Crippen molar-refractivity contribution in [1.29, 1.82) is 0 Å². The third-order valence-corrected chi connectivity index (χ3v) is 3.82. The Morgan fingerprint density at radius 2 is 1.67 bits per heavy atom. The third kappa shape index (κ3) is 6.69. The molecule has 9 heteroatoms. The Morgan fingerprint density at radius 1 is 1.07 bits per heavy atom. The summed E-state index contributed by atoms with van der Waals surface area (Å²) in [5, 5.41) is 32.0. The van der Waals surface area contributed by atoms with Gasteiger partial charge in [-0.2, -0.15) is 0 Å². The minimum absolute atomic E-state index is 0. The van der Waals surface area contributed by atoms with Gasteiger partial charge in [0, 0.05) is 30.7 Å². The number of phenols is 1. The molecule has 0 aliphatic rings. The van der Waals surface area contributed by atoms with Crippen LogP contribution in [0.25, 0.3) is 0 Å². The second-order valence-corrected chi connectivity index (χ2v) is 5.69. The SMILES string of the molecule is Cl.O=C(CCN[C@@H](Cc1ccc(O)cc1)C(=O)O)c1ccc([N+](=O)[O-])cc1. The van der Waals surface area contributed by atoms with Crippen LogP contribution in [0.5, 0.6) is 5.75 Å². The highest BCUT2D eigenvalue weighted by molar-refractivity contribution is 5.96. The lowest BCUT2D eigenvalue weighted by Crippen LogP contribution is -2.39. The van der Waals surface area contributed by atoms with Crippen LogP contribution in [0.15, 0.2) is 48.5 Å². The van der Waals surface area contributed by atoms with Crippen molar-refractivity contribution < 1.29 is 24.7 Å². The Hall–Kier alpha value is -2.97. The fraction of sp³-hybridized carbons (Fsp3) is 0.222. The molecule has 0 heterocycles. The molecule has 0 bridgehead atoms. The molecule has 0 amide bonds. The molecule has 0 aliphatic heterocycles. The van der Waals surface area contributed by atoms with Gasteiger partial charge in [0.05, 0.1) is 4.92 Å². The smallest absolute Gasteiger partial charge is 0.321 e. The van der Waals surface area contributed by atoms with Gasteiger partial charge in [-0.25, -0.2) is 0 Å². The normalized spacial score (nSPS) is 11.3. The Balaban J connectivity index is 0.00000364. The van der Waals surface area contributed by atoms with Crippen LogP contribution in [-0.2, 0) is 11.2 Å². The Kier molecular flexibility index (Phi) is 8.37. The van der Waals surface area contributed by atoms with Crippen molar-refractivity contribution in [3.05, 3.63) is 69.8 Å². The van der Waals surface area contributed by atoms with E-state index in [0.717, 1.165) is 5.56 Å².